The Morgan fingerprint density at radius 1 is 1.09 bits per heavy atom. The lowest BCUT2D eigenvalue weighted by atomic mass is 10.2. The van der Waals surface area contributed by atoms with E-state index in [1.807, 2.05) is 24.3 Å². The minimum Gasteiger partial charge on any atom is -0.497 e. The predicted molar refractivity (Wildman–Crippen MR) is 133 cm³/mol. The third-order valence-electron chi connectivity index (χ3n) is 5.15. The molecule has 0 atom stereocenters. The van der Waals surface area contributed by atoms with E-state index in [2.05, 4.69) is 20.4 Å². The number of methoxy groups -OCH3 is 1. The van der Waals surface area contributed by atoms with Crippen LogP contribution in [0.25, 0.3) is 27.9 Å². The average Bonchev–Trinajstić information content (AvgIpc) is 3.33. The summed E-state index contributed by atoms with van der Waals surface area (Å²) >= 11 is 1.22. The fourth-order valence-electron chi connectivity index (χ4n) is 3.53. The third kappa shape index (κ3) is 4.62. The number of carbonyl (C=O) groups excluding carboxylic acids is 1. The van der Waals surface area contributed by atoms with E-state index in [1.54, 1.807) is 48.0 Å². The number of nitro benzene ring substituents is 1. The average molecular weight is 487 g/mol. The number of nitrogens with zero attached hydrogens (tertiary/aromatic N) is 5. The maximum atomic E-state index is 12.6. The first kappa shape index (κ1) is 22.3. The molecule has 0 saturated heterocycles. The minimum absolute atomic E-state index is 0.0480. The number of nitrogens with one attached hydrogen (secondary N) is 1. The number of fused-ring (bicyclic) bond motifs is 3. The molecule has 3 aromatic carbocycles. The van der Waals surface area contributed by atoms with Crippen molar-refractivity contribution in [3.63, 3.8) is 0 Å². The van der Waals surface area contributed by atoms with Crippen molar-refractivity contribution in [2.45, 2.75) is 5.16 Å². The molecule has 0 aliphatic carbocycles. The maximum absolute atomic E-state index is 12.6. The van der Waals surface area contributed by atoms with Crippen LogP contribution in [0.1, 0.15) is 0 Å². The van der Waals surface area contributed by atoms with Crippen LogP contribution in [-0.4, -0.2) is 43.3 Å². The van der Waals surface area contributed by atoms with Crippen molar-refractivity contribution in [2.75, 3.05) is 18.2 Å². The molecule has 10 nitrogen and oxygen atoms in total. The van der Waals surface area contributed by atoms with E-state index >= 15 is 0 Å². The van der Waals surface area contributed by atoms with Crippen molar-refractivity contribution >= 4 is 45.6 Å². The summed E-state index contributed by atoms with van der Waals surface area (Å²) in [4.78, 5) is 32.7. The summed E-state index contributed by atoms with van der Waals surface area (Å²) in [6.07, 6.45) is 0. The summed E-state index contributed by atoms with van der Waals surface area (Å²) in [6, 6.07) is 20.7. The van der Waals surface area contributed by atoms with Crippen LogP contribution in [0.3, 0.4) is 0 Å². The molecular weight excluding hydrogens is 468 g/mol. The number of ether oxygens (including phenoxy) is 1. The third-order valence-corrected chi connectivity index (χ3v) is 6.08. The van der Waals surface area contributed by atoms with Crippen LogP contribution < -0.4 is 10.1 Å². The van der Waals surface area contributed by atoms with E-state index in [-0.39, 0.29) is 17.3 Å². The second-order valence-corrected chi connectivity index (χ2v) is 8.40. The second kappa shape index (κ2) is 9.39. The van der Waals surface area contributed by atoms with E-state index in [0.29, 0.717) is 39.1 Å². The van der Waals surface area contributed by atoms with Gasteiger partial charge in [0.25, 0.3) is 5.69 Å². The summed E-state index contributed by atoms with van der Waals surface area (Å²) in [6.45, 7) is 0. The van der Waals surface area contributed by atoms with E-state index in [4.69, 9.17) is 4.74 Å². The minimum atomic E-state index is -0.460. The quantitative estimate of drug-likeness (QED) is 0.153. The van der Waals surface area contributed by atoms with Crippen LogP contribution in [0.5, 0.6) is 5.75 Å². The van der Waals surface area contributed by atoms with E-state index in [1.165, 1.54) is 23.9 Å². The van der Waals surface area contributed by atoms with Gasteiger partial charge in [0.2, 0.25) is 5.91 Å². The van der Waals surface area contributed by atoms with Gasteiger partial charge in [0.15, 0.2) is 16.6 Å². The molecule has 5 rings (SSSR count). The standard InChI is InChI=1S/C24H18N6O4S/c1-34-18-9-5-7-16(13-18)25-21(31)14-35-24-26-20-11-3-2-10-19(20)23-27-22(28-29(23)24)15-6-4-8-17(12-15)30(32)33/h2-13H,14H2,1H3,(H,25,31). The van der Waals surface area contributed by atoms with Crippen molar-refractivity contribution in [3.8, 4) is 17.1 Å². The molecule has 1 amide bonds. The van der Waals surface area contributed by atoms with E-state index in [9.17, 15) is 14.9 Å². The lowest BCUT2D eigenvalue weighted by Gasteiger charge is -2.08. The Balaban J connectivity index is 1.48. The summed E-state index contributed by atoms with van der Waals surface area (Å²) in [7, 11) is 1.56. The Morgan fingerprint density at radius 3 is 2.74 bits per heavy atom. The van der Waals surface area contributed by atoms with Gasteiger partial charge < -0.3 is 10.1 Å². The number of thioether (sulfide) groups is 1. The maximum Gasteiger partial charge on any atom is 0.270 e. The van der Waals surface area contributed by atoms with Crippen molar-refractivity contribution in [1.29, 1.82) is 0 Å². The Morgan fingerprint density at radius 2 is 1.91 bits per heavy atom. The zero-order chi connectivity index (χ0) is 24.4. The number of hydrogen-bond donors (Lipinski definition) is 1. The summed E-state index contributed by atoms with van der Waals surface area (Å²) in [5.74, 6) is 0.841. The predicted octanol–water partition coefficient (Wildman–Crippen LogP) is 4.59. The number of hydrogen-bond acceptors (Lipinski definition) is 8. The Hall–Kier alpha value is -4.51. The van der Waals surface area contributed by atoms with Crippen LogP contribution in [0.15, 0.2) is 78.0 Å². The molecule has 174 valence electrons. The molecule has 2 heterocycles. The molecule has 0 saturated carbocycles. The molecule has 35 heavy (non-hydrogen) atoms. The lowest BCUT2D eigenvalue weighted by molar-refractivity contribution is -0.384. The number of nitro groups is 1. The highest BCUT2D eigenvalue weighted by Crippen LogP contribution is 2.28. The zero-order valence-electron chi connectivity index (χ0n) is 18.4. The number of amides is 1. The normalized spacial score (nSPS) is 11.0. The van der Waals surface area contributed by atoms with Gasteiger partial charge in [-0.15, -0.1) is 5.10 Å². The first-order valence-corrected chi connectivity index (χ1v) is 11.5. The van der Waals surface area contributed by atoms with Crippen LogP contribution in [0.4, 0.5) is 11.4 Å². The molecule has 1 N–H and O–H groups in total. The van der Waals surface area contributed by atoms with Gasteiger partial charge in [0.05, 0.1) is 23.3 Å². The number of benzene rings is 3. The molecule has 2 aromatic heterocycles. The molecule has 0 aliphatic heterocycles. The van der Waals surface area contributed by atoms with Crippen LogP contribution >= 0.6 is 11.8 Å². The monoisotopic (exact) mass is 486 g/mol. The molecule has 0 fully saturated rings. The molecular formula is C24H18N6O4S. The molecule has 0 radical (unpaired) electrons. The van der Waals surface area contributed by atoms with Gasteiger partial charge in [0.1, 0.15) is 5.75 Å². The van der Waals surface area contributed by atoms with Crippen LogP contribution in [0, 0.1) is 10.1 Å². The number of non-ortho nitro benzene ring substituents is 1. The lowest BCUT2D eigenvalue weighted by Crippen LogP contribution is -2.14. The second-order valence-electron chi connectivity index (χ2n) is 7.46. The van der Waals surface area contributed by atoms with Crippen molar-refractivity contribution in [1.82, 2.24) is 19.6 Å². The first-order chi connectivity index (χ1) is 17.0. The van der Waals surface area contributed by atoms with Crippen LogP contribution in [0.2, 0.25) is 0 Å². The van der Waals surface area contributed by atoms with Crippen molar-refractivity contribution in [3.05, 3.63) is 82.9 Å². The topological polar surface area (TPSA) is 125 Å². The van der Waals surface area contributed by atoms with Gasteiger partial charge in [-0.05, 0) is 24.3 Å². The largest absolute Gasteiger partial charge is 0.497 e. The van der Waals surface area contributed by atoms with Gasteiger partial charge in [-0.2, -0.15) is 4.52 Å². The van der Waals surface area contributed by atoms with E-state index < -0.39 is 4.92 Å². The summed E-state index contributed by atoms with van der Waals surface area (Å²) < 4.78 is 6.76. The molecule has 0 unspecified atom stereocenters. The van der Waals surface area contributed by atoms with Crippen LogP contribution in [-0.2, 0) is 4.79 Å². The van der Waals surface area contributed by atoms with Gasteiger partial charge >= 0.3 is 0 Å². The highest BCUT2D eigenvalue weighted by Gasteiger charge is 2.17. The van der Waals surface area contributed by atoms with Gasteiger partial charge in [0, 0.05) is 34.8 Å². The SMILES string of the molecule is COc1cccc(NC(=O)CSc2nc3ccccc3c3nc(-c4cccc([N+](=O)[O-])c4)nn23)c1. The molecule has 11 heteroatoms. The number of carbonyl (C=O) groups is 1. The zero-order valence-corrected chi connectivity index (χ0v) is 19.2. The van der Waals surface area contributed by atoms with Gasteiger partial charge in [-0.25, -0.2) is 9.97 Å². The first-order valence-electron chi connectivity index (χ1n) is 10.5. The summed E-state index contributed by atoms with van der Waals surface area (Å²) in [5.41, 5.74) is 2.34. The molecule has 0 aliphatic rings. The van der Waals surface area contributed by atoms with Crippen molar-refractivity contribution in [2.24, 2.45) is 0 Å². The highest BCUT2D eigenvalue weighted by atomic mass is 32.2. The Labute approximate surface area is 203 Å². The number of rotatable bonds is 7. The Bertz CT molecular complexity index is 1590. The van der Waals surface area contributed by atoms with Crippen molar-refractivity contribution < 1.29 is 14.5 Å². The van der Waals surface area contributed by atoms with E-state index in [0.717, 1.165) is 5.39 Å². The molecule has 0 spiro atoms. The fourth-order valence-corrected chi connectivity index (χ4v) is 4.28. The molecule has 0 bridgehead atoms. The van der Waals surface area contributed by atoms with Gasteiger partial charge in [-0.1, -0.05) is 42.1 Å². The smallest absolute Gasteiger partial charge is 0.270 e. The van der Waals surface area contributed by atoms with Gasteiger partial charge in [-0.3, -0.25) is 14.9 Å². The molecule has 5 aromatic rings. The highest BCUT2D eigenvalue weighted by molar-refractivity contribution is 7.99. The number of anilines is 1. The number of para-hydroxylation sites is 1. The number of aromatic nitrogens is 4. The Kier molecular flexibility index (Phi) is 5.98. The fraction of sp³-hybridized carbons (Fsp3) is 0.0833. The summed E-state index contributed by atoms with van der Waals surface area (Å²) in [5, 5.41) is 19.9.